The van der Waals surface area contributed by atoms with Crippen molar-refractivity contribution in [1.82, 2.24) is 4.90 Å². The highest BCUT2D eigenvalue weighted by Gasteiger charge is 2.10. The molecule has 0 aliphatic carbocycles. The van der Waals surface area contributed by atoms with Crippen LogP contribution < -0.4 is 10.1 Å². The van der Waals surface area contributed by atoms with E-state index in [1.165, 1.54) is 4.90 Å². The topological polar surface area (TPSA) is 65.4 Å². The molecule has 0 aliphatic rings. The van der Waals surface area contributed by atoms with E-state index in [1.54, 1.807) is 31.4 Å². The number of carbonyl (C=O) groups excluding carboxylic acids is 1. The van der Waals surface area contributed by atoms with Crippen molar-refractivity contribution in [1.29, 1.82) is 5.26 Å². The van der Waals surface area contributed by atoms with Crippen LogP contribution in [0.1, 0.15) is 6.92 Å². The van der Waals surface area contributed by atoms with Crippen molar-refractivity contribution >= 4 is 11.7 Å². The maximum absolute atomic E-state index is 11.8. The summed E-state index contributed by atoms with van der Waals surface area (Å²) in [7, 11) is 1.56. The third kappa shape index (κ3) is 3.68. The molecule has 2 amide bonds. The van der Waals surface area contributed by atoms with Gasteiger partial charge in [0.05, 0.1) is 13.2 Å². The summed E-state index contributed by atoms with van der Waals surface area (Å²) in [5.74, 6) is 0.672. The van der Waals surface area contributed by atoms with Crippen molar-refractivity contribution in [3.63, 3.8) is 0 Å². The molecule has 90 valence electrons. The maximum Gasteiger partial charge on any atom is 0.322 e. The molecule has 0 aromatic heterocycles. The summed E-state index contributed by atoms with van der Waals surface area (Å²) in [5.41, 5.74) is 0.644. The average Bonchev–Trinajstić information content (AvgIpc) is 2.36. The van der Waals surface area contributed by atoms with Gasteiger partial charge in [0.25, 0.3) is 0 Å². The van der Waals surface area contributed by atoms with Crippen LogP contribution in [0.5, 0.6) is 5.75 Å². The summed E-state index contributed by atoms with van der Waals surface area (Å²) >= 11 is 0. The van der Waals surface area contributed by atoms with Crippen LogP contribution in [0.2, 0.25) is 0 Å². The summed E-state index contributed by atoms with van der Waals surface area (Å²) < 4.78 is 5.05. The van der Waals surface area contributed by atoms with Crippen molar-refractivity contribution in [2.75, 3.05) is 25.5 Å². The predicted octanol–water partition coefficient (Wildman–Crippen LogP) is 2.07. The highest BCUT2D eigenvalue weighted by atomic mass is 16.5. The normalized spacial score (nSPS) is 9.24. The lowest BCUT2D eigenvalue weighted by Gasteiger charge is -2.18. The zero-order valence-corrected chi connectivity index (χ0v) is 9.93. The second-order valence-corrected chi connectivity index (χ2v) is 3.33. The SMILES string of the molecule is CCN(CC#N)C(=O)Nc1cccc(OC)c1. The van der Waals surface area contributed by atoms with E-state index in [4.69, 9.17) is 10.00 Å². The number of amides is 2. The van der Waals surface area contributed by atoms with Crippen molar-refractivity contribution in [3.8, 4) is 11.8 Å². The summed E-state index contributed by atoms with van der Waals surface area (Å²) in [4.78, 5) is 13.2. The van der Waals surface area contributed by atoms with Gasteiger partial charge in [0, 0.05) is 18.3 Å². The van der Waals surface area contributed by atoms with E-state index in [2.05, 4.69) is 5.32 Å². The molecular weight excluding hydrogens is 218 g/mol. The Morgan fingerprint density at radius 3 is 2.94 bits per heavy atom. The van der Waals surface area contributed by atoms with Gasteiger partial charge in [-0.15, -0.1) is 0 Å². The first-order valence-corrected chi connectivity index (χ1v) is 5.28. The van der Waals surface area contributed by atoms with E-state index in [-0.39, 0.29) is 12.6 Å². The van der Waals surface area contributed by atoms with Crippen LogP contribution in [0.15, 0.2) is 24.3 Å². The van der Waals surface area contributed by atoms with E-state index in [0.29, 0.717) is 18.0 Å². The van der Waals surface area contributed by atoms with Gasteiger partial charge in [-0.3, -0.25) is 0 Å². The van der Waals surface area contributed by atoms with Gasteiger partial charge in [-0.2, -0.15) is 5.26 Å². The second-order valence-electron chi connectivity index (χ2n) is 3.33. The Hall–Kier alpha value is -2.22. The molecule has 0 bridgehead atoms. The summed E-state index contributed by atoms with van der Waals surface area (Å²) in [5, 5.41) is 11.3. The van der Waals surface area contributed by atoms with Gasteiger partial charge in [0.15, 0.2) is 0 Å². The number of benzene rings is 1. The molecule has 0 aliphatic heterocycles. The number of ether oxygens (including phenoxy) is 1. The number of methoxy groups -OCH3 is 1. The van der Waals surface area contributed by atoms with Crippen LogP contribution in [-0.4, -0.2) is 31.1 Å². The van der Waals surface area contributed by atoms with Gasteiger partial charge in [0.2, 0.25) is 0 Å². The van der Waals surface area contributed by atoms with E-state index >= 15 is 0 Å². The number of urea groups is 1. The zero-order valence-electron chi connectivity index (χ0n) is 9.93. The Labute approximate surface area is 101 Å². The highest BCUT2D eigenvalue weighted by molar-refractivity contribution is 5.89. The minimum absolute atomic E-state index is 0.0757. The maximum atomic E-state index is 11.8. The standard InChI is InChI=1S/C12H15N3O2/c1-3-15(8-7-13)12(16)14-10-5-4-6-11(9-10)17-2/h4-6,9H,3,8H2,1-2H3,(H,14,16). The third-order valence-corrected chi connectivity index (χ3v) is 2.25. The van der Waals surface area contributed by atoms with E-state index in [0.717, 1.165) is 0 Å². The number of nitriles is 1. The molecule has 1 rings (SSSR count). The Morgan fingerprint density at radius 1 is 1.59 bits per heavy atom. The molecular formula is C12H15N3O2. The molecule has 0 saturated heterocycles. The smallest absolute Gasteiger partial charge is 0.322 e. The number of rotatable bonds is 4. The van der Waals surface area contributed by atoms with E-state index < -0.39 is 0 Å². The largest absolute Gasteiger partial charge is 0.497 e. The molecule has 1 aromatic carbocycles. The van der Waals surface area contributed by atoms with Crippen LogP contribution >= 0.6 is 0 Å². The fourth-order valence-corrected chi connectivity index (χ4v) is 1.32. The number of anilines is 1. The highest BCUT2D eigenvalue weighted by Crippen LogP contribution is 2.16. The molecule has 1 N–H and O–H groups in total. The van der Waals surface area contributed by atoms with Crippen LogP contribution in [-0.2, 0) is 0 Å². The Balaban J connectivity index is 2.69. The molecule has 17 heavy (non-hydrogen) atoms. The zero-order chi connectivity index (χ0) is 12.7. The third-order valence-electron chi connectivity index (χ3n) is 2.25. The predicted molar refractivity (Wildman–Crippen MR) is 64.9 cm³/mol. The Kier molecular flexibility index (Phi) is 4.82. The van der Waals surface area contributed by atoms with Gasteiger partial charge < -0.3 is 15.0 Å². The summed E-state index contributed by atoms with van der Waals surface area (Å²) in [6.45, 7) is 2.39. The van der Waals surface area contributed by atoms with Crippen LogP contribution in [0.3, 0.4) is 0 Å². The fourth-order valence-electron chi connectivity index (χ4n) is 1.32. The minimum atomic E-state index is -0.290. The molecule has 0 atom stereocenters. The second kappa shape index (κ2) is 6.38. The molecule has 5 heteroatoms. The molecule has 0 radical (unpaired) electrons. The molecule has 1 aromatic rings. The van der Waals surface area contributed by atoms with Crippen molar-refractivity contribution in [2.45, 2.75) is 6.92 Å². The van der Waals surface area contributed by atoms with Gasteiger partial charge >= 0.3 is 6.03 Å². The van der Waals surface area contributed by atoms with Gasteiger partial charge in [0.1, 0.15) is 12.3 Å². The van der Waals surface area contributed by atoms with Crippen LogP contribution in [0.25, 0.3) is 0 Å². The number of nitrogens with zero attached hydrogens (tertiary/aromatic N) is 2. The summed E-state index contributed by atoms with van der Waals surface area (Å²) in [6.07, 6.45) is 0. The van der Waals surface area contributed by atoms with Crippen LogP contribution in [0.4, 0.5) is 10.5 Å². The fraction of sp³-hybridized carbons (Fsp3) is 0.333. The van der Waals surface area contributed by atoms with Crippen molar-refractivity contribution in [2.24, 2.45) is 0 Å². The molecule has 5 nitrogen and oxygen atoms in total. The molecule has 0 saturated carbocycles. The first-order chi connectivity index (χ1) is 8.21. The molecule has 0 fully saturated rings. The molecule has 0 unspecified atom stereocenters. The van der Waals surface area contributed by atoms with Gasteiger partial charge in [-0.05, 0) is 19.1 Å². The minimum Gasteiger partial charge on any atom is -0.497 e. The first kappa shape index (κ1) is 12.8. The lowest BCUT2D eigenvalue weighted by molar-refractivity contribution is 0.220. The van der Waals surface area contributed by atoms with E-state index in [1.807, 2.05) is 13.0 Å². The van der Waals surface area contributed by atoms with Crippen molar-refractivity contribution in [3.05, 3.63) is 24.3 Å². The Bertz CT molecular complexity index is 426. The van der Waals surface area contributed by atoms with Gasteiger partial charge in [-0.25, -0.2) is 4.79 Å². The van der Waals surface area contributed by atoms with Crippen molar-refractivity contribution < 1.29 is 9.53 Å². The molecule has 0 heterocycles. The number of hydrogen-bond donors (Lipinski definition) is 1. The van der Waals surface area contributed by atoms with Gasteiger partial charge in [-0.1, -0.05) is 6.07 Å². The monoisotopic (exact) mass is 233 g/mol. The number of carbonyl (C=O) groups is 1. The van der Waals surface area contributed by atoms with Crippen LogP contribution in [0, 0.1) is 11.3 Å². The summed E-state index contributed by atoms with van der Waals surface area (Å²) in [6, 6.07) is 8.72. The average molecular weight is 233 g/mol. The lowest BCUT2D eigenvalue weighted by Crippen LogP contribution is -2.35. The quantitative estimate of drug-likeness (QED) is 0.809. The van der Waals surface area contributed by atoms with E-state index in [9.17, 15) is 4.79 Å². The lowest BCUT2D eigenvalue weighted by atomic mass is 10.3. The number of nitrogens with one attached hydrogen (secondary N) is 1. The molecule has 0 spiro atoms. The Morgan fingerprint density at radius 2 is 2.35 bits per heavy atom. The first-order valence-electron chi connectivity index (χ1n) is 5.28. The number of hydrogen-bond acceptors (Lipinski definition) is 3.